The maximum atomic E-state index is 6.63. The van der Waals surface area contributed by atoms with Crippen molar-refractivity contribution >= 4 is 76.2 Å². The van der Waals surface area contributed by atoms with Crippen LogP contribution >= 0.6 is 0 Å². The van der Waals surface area contributed by atoms with Crippen molar-refractivity contribution < 1.29 is 8.83 Å². The van der Waals surface area contributed by atoms with Gasteiger partial charge < -0.3 is 8.83 Å². The van der Waals surface area contributed by atoms with E-state index in [1.165, 1.54) is 49.2 Å². The number of hydrogen-bond donors (Lipinski definition) is 0. The van der Waals surface area contributed by atoms with Gasteiger partial charge in [-0.05, 0) is 108 Å². The third kappa shape index (κ3) is 3.99. The Morgan fingerprint density at radius 1 is 0.354 bits per heavy atom. The van der Waals surface area contributed by atoms with Gasteiger partial charge in [-0.15, -0.1) is 0 Å². The third-order valence-electron chi connectivity index (χ3n) is 10.2. The lowest BCUT2D eigenvalue weighted by atomic mass is 9.86. The molecular formula is C46H32O2. The highest BCUT2D eigenvalue weighted by atomic mass is 16.3. The second-order valence-corrected chi connectivity index (χ2v) is 14.1. The molecule has 0 N–H and O–H groups in total. The van der Waals surface area contributed by atoms with Gasteiger partial charge in [-0.2, -0.15) is 0 Å². The van der Waals surface area contributed by atoms with Crippen molar-refractivity contribution in [2.75, 3.05) is 0 Å². The van der Waals surface area contributed by atoms with Gasteiger partial charge in [0.1, 0.15) is 22.3 Å². The Bertz CT molecular complexity index is 2860. The predicted molar refractivity (Wildman–Crippen MR) is 203 cm³/mol. The summed E-state index contributed by atoms with van der Waals surface area (Å²) in [6.07, 6.45) is 0. The summed E-state index contributed by atoms with van der Waals surface area (Å²) >= 11 is 0. The lowest BCUT2D eigenvalue weighted by Crippen LogP contribution is -2.10. The zero-order valence-corrected chi connectivity index (χ0v) is 27.1. The molecule has 0 aliphatic heterocycles. The van der Waals surface area contributed by atoms with E-state index in [1.807, 2.05) is 0 Å². The Morgan fingerprint density at radius 2 is 0.812 bits per heavy atom. The molecule has 8 aromatic carbocycles. The fraction of sp³-hybridized carbons (Fsp3) is 0.0870. The topological polar surface area (TPSA) is 26.3 Å². The standard InChI is InChI=1S/C46H32O2/c1-46(2,3)31-18-20-33-39-22-29-21-38-32-19-17-28(23-40(32)47-41(38)24-30(29)25-42(39)48-43(33)26-31)45-36-15-9-7-13-34(36)44(27-11-5-4-6-12-27)35-14-8-10-16-37(35)45/h4-26H,1-3H3. The molecule has 2 heteroatoms. The molecule has 0 bridgehead atoms. The van der Waals surface area contributed by atoms with E-state index < -0.39 is 0 Å². The van der Waals surface area contributed by atoms with E-state index in [4.69, 9.17) is 8.83 Å². The summed E-state index contributed by atoms with van der Waals surface area (Å²) in [4.78, 5) is 0. The molecule has 0 atom stereocenters. The molecule has 0 aliphatic carbocycles. The fourth-order valence-electron chi connectivity index (χ4n) is 7.77. The molecule has 2 nitrogen and oxygen atoms in total. The van der Waals surface area contributed by atoms with Crippen LogP contribution in [0.3, 0.4) is 0 Å². The van der Waals surface area contributed by atoms with Crippen LogP contribution in [-0.2, 0) is 5.41 Å². The minimum Gasteiger partial charge on any atom is -0.456 e. The van der Waals surface area contributed by atoms with E-state index in [1.54, 1.807) is 0 Å². The zero-order valence-electron chi connectivity index (χ0n) is 27.1. The quantitative estimate of drug-likeness (QED) is 0.181. The summed E-state index contributed by atoms with van der Waals surface area (Å²) < 4.78 is 13.0. The maximum absolute atomic E-state index is 6.63. The Labute approximate surface area is 277 Å². The first-order valence-electron chi connectivity index (χ1n) is 16.7. The second kappa shape index (κ2) is 9.82. The van der Waals surface area contributed by atoms with Crippen molar-refractivity contribution in [1.82, 2.24) is 0 Å². The minimum absolute atomic E-state index is 0.0646. The van der Waals surface area contributed by atoms with E-state index in [-0.39, 0.29) is 5.41 Å². The Kier molecular flexibility index (Phi) is 5.58. The first-order valence-corrected chi connectivity index (χ1v) is 16.7. The molecule has 2 aromatic heterocycles. The van der Waals surface area contributed by atoms with Crippen molar-refractivity contribution in [1.29, 1.82) is 0 Å². The highest BCUT2D eigenvalue weighted by Crippen LogP contribution is 2.45. The van der Waals surface area contributed by atoms with Gasteiger partial charge in [0, 0.05) is 21.5 Å². The van der Waals surface area contributed by atoms with E-state index in [0.717, 1.165) is 54.8 Å². The first kappa shape index (κ1) is 27.3. The molecule has 0 amide bonds. The van der Waals surface area contributed by atoms with Crippen LogP contribution in [0.25, 0.3) is 98.4 Å². The van der Waals surface area contributed by atoms with Crippen LogP contribution < -0.4 is 0 Å². The smallest absolute Gasteiger partial charge is 0.136 e. The molecular weight excluding hydrogens is 585 g/mol. The van der Waals surface area contributed by atoms with Gasteiger partial charge >= 0.3 is 0 Å². The van der Waals surface area contributed by atoms with Crippen LogP contribution in [0, 0.1) is 0 Å². The number of rotatable bonds is 2. The second-order valence-electron chi connectivity index (χ2n) is 14.1. The predicted octanol–water partition coefficient (Wildman–Crippen LogP) is 13.6. The van der Waals surface area contributed by atoms with Crippen molar-refractivity contribution in [2.24, 2.45) is 0 Å². The molecule has 0 aliphatic rings. The Balaban J connectivity index is 1.17. The van der Waals surface area contributed by atoms with Crippen LogP contribution in [0.4, 0.5) is 0 Å². The average molecular weight is 617 g/mol. The largest absolute Gasteiger partial charge is 0.456 e. The van der Waals surface area contributed by atoms with Crippen LogP contribution in [0.1, 0.15) is 26.3 Å². The number of hydrogen-bond acceptors (Lipinski definition) is 2. The number of furan rings is 2. The molecule has 0 unspecified atom stereocenters. The van der Waals surface area contributed by atoms with Gasteiger partial charge in [-0.3, -0.25) is 0 Å². The molecule has 0 spiro atoms. The summed E-state index contributed by atoms with van der Waals surface area (Å²) in [6.45, 7) is 6.71. The summed E-state index contributed by atoms with van der Waals surface area (Å²) in [5.41, 5.74) is 9.83. The molecule has 0 radical (unpaired) electrons. The summed E-state index contributed by atoms with van der Waals surface area (Å²) in [5, 5.41) is 11.8. The normalized spacial score (nSPS) is 12.5. The maximum Gasteiger partial charge on any atom is 0.136 e. The number of benzene rings is 8. The van der Waals surface area contributed by atoms with Crippen molar-refractivity contribution in [2.45, 2.75) is 26.2 Å². The van der Waals surface area contributed by atoms with Crippen molar-refractivity contribution in [3.63, 3.8) is 0 Å². The molecule has 0 saturated heterocycles. The van der Waals surface area contributed by atoms with E-state index in [9.17, 15) is 0 Å². The third-order valence-corrected chi connectivity index (χ3v) is 10.2. The van der Waals surface area contributed by atoms with E-state index in [2.05, 4.69) is 160 Å². The first-order chi connectivity index (χ1) is 23.4. The Morgan fingerprint density at radius 3 is 1.38 bits per heavy atom. The molecule has 0 fully saturated rings. The minimum atomic E-state index is 0.0646. The van der Waals surface area contributed by atoms with Gasteiger partial charge in [0.2, 0.25) is 0 Å². The van der Waals surface area contributed by atoms with Gasteiger partial charge in [0.05, 0.1) is 0 Å². The lowest BCUT2D eigenvalue weighted by Gasteiger charge is -2.18. The highest BCUT2D eigenvalue weighted by molar-refractivity contribution is 6.22. The summed E-state index contributed by atoms with van der Waals surface area (Å²) in [7, 11) is 0. The average Bonchev–Trinajstić information content (AvgIpc) is 3.64. The monoisotopic (exact) mass is 616 g/mol. The van der Waals surface area contributed by atoms with Crippen molar-refractivity contribution in [3.05, 3.63) is 145 Å². The van der Waals surface area contributed by atoms with Gasteiger partial charge in [-0.25, -0.2) is 0 Å². The molecule has 48 heavy (non-hydrogen) atoms. The zero-order chi connectivity index (χ0) is 32.1. The summed E-state index contributed by atoms with van der Waals surface area (Å²) in [6, 6.07) is 50.5. The highest BCUT2D eigenvalue weighted by Gasteiger charge is 2.19. The van der Waals surface area contributed by atoms with Gasteiger partial charge in [0.15, 0.2) is 0 Å². The fourth-order valence-corrected chi connectivity index (χ4v) is 7.77. The van der Waals surface area contributed by atoms with Crippen molar-refractivity contribution in [3.8, 4) is 22.3 Å². The van der Waals surface area contributed by atoms with Gasteiger partial charge in [0.25, 0.3) is 0 Å². The molecule has 10 aromatic rings. The van der Waals surface area contributed by atoms with Gasteiger partial charge in [-0.1, -0.05) is 118 Å². The SMILES string of the molecule is CC(C)(C)c1ccc2c(c1)oc1cc3cc4oc5cc(-c6c7ccccc7c(-c7ccccc7)c7ccccc67)ccc5c4cc3cc12. The lowest BCUT2D eigenvalue weighted by molar-refractivity contribution is 0.587. The number of fused-ring (bicyclic) bond motifs is 9. The molecule has 10 rings (SSSR count). The molecule has 0 saturated carbocycles. The van der Waals surface area contributed by atoms with Crippen LogP contribution in [0.15, 0.2) is 148 Å². The van der Waals surface area contributed by atoms with Crippen LogP contribution in [0.5, 0.6) is 0 Å². The van der Waals surface area contributed by atoms with Crippen LogP contribution in [-0.4, -0.2) is 0 Å². The van der Waals surface area contributed by atoms with Crippen LogP contribution in [0.2, 0.25) is 0 Å². The van der Waals surface area contributed by atoms with E-state index in [0.29, 0.717) is 0 Å². The molecule has 228 valence electrons. The molecule has 2 heterocycles. The Hall–Kier alpha value is -5.86. The van der Waals surface area contributed by atoms with E-state index >= 15 is 0 Å². The summed E-state index contributed by atoms with van der Waals surface area (Å²) in [5.74, 6) is 0.